The van der Waals surface area contributed by atoms with Crippen LogP contribution in [0.15, 0.2) is 82.9 Å². The molecule has 37 heavy (non-hydrogen) atoms. The van der Waals surface area contributed by atoms with E-state index in [1.807, 2.05) is 6.92 Å². The number of anilines is 1. The Kier molecular flexibility index (Phi) is 10.5. The number of ether oxygens (including phenoxy) is 3. The van der Waals surface area contributed by atoms with Crippen LogP contribution >= 0.6 is 27.5 Å². The van der Waals surface area contributed by atoms with Gasteiger partial charge in [-0.25, -0.2) is 5.43 Å². The highest BCUT2D eigenvalue weighted by Gasteiger charge is 2.12. The highest BCUT2D eigenvalue weighted by molar-refractivity contribution is 9.10. The zero-order valence-electron chi connectivity index (χ0n) is 20.0. The van der Waals surface area contributed by atoms with E-state index in [9.17, 15) is 9.59 Å². The number of halogens is 2. The van der Waals surface area contributed by atoms with E-state index in [4.69, 9.17) is 25.8 Å². The third-order valence-electron chi connectivity index (χ3n) is 4.69. The summed E-state index contributed by atoms with van der Waals surface area (Å²) in [7, 11) is 0. The van der Waals surface area contributed by atoms with Gasteiger partial charge in [0.2, 0.25) is 0 Å². The van der Waals surface area contributed by atoms with Crippen molar-refractivity contribution >= 4 is 51.2 Å². The van der Waals surface area contributed by atoms with Gasteiger partial charge < -0.3 is 19.5 Å². The largest absolute Gasteiger partial charge is 0.490 e. The van der Waals surface area contributed by atoms with Gasteiger partial charge in [0.15, 0.2) is 18.1 Å². The van der Waals surface area contributed by atoms with Gasteiger partial charge in [0.1, 0.15) is 12.4 Å². The lowest BCUT2D eigenvalue weighted by Gasteiger charge is -2.12. The van der Waals surface area contributed by atoms with Crippen molar-refractivity contribution in [3.8, 4) is 17.2 Å². The molecule has 2 N–H and O–H groups in total. The third kappa shape index (κ3) is 8.66. The Labute approximate surface area is 228 Å². The smallest absolute Gasteiger partial charge is 0.271 e. The monoisotopic (exact) mass is 585 g/mol. The lowest BCUT2D eigenvalue weighted by molar-refractivity contribution is -0.118. The number of hydrogen-bond acceptors (Lipinski definition) is 6. The Hall–Kier alpha value is -3.82. The molecule has 0 unspecified atom stereocenters. The second kappa shape index (κ2) is 14.1. The van der Waals surface area contributed by atoms with E-state index in [1.165, 1.54) is 6.21 Å². The maximum atomic E-state index is 12.6. The molecule has 0 fully saturated rings. The SMILES string of the molecule is C=CCOc1ccc(C(=O)N/N=C/c2cc(Br)ccc2OCC(=O)Nc2ccc(Cl)cc2)cc1OCC. The van der Waals surface area contributed by atoms with Gasteiger partial charge in [-0.1, -0.05) is 40.2 Å². The average molecular weight is 587 g/mol. The summed E-state index contributed by atoms with van der Waals surface area (Å²) in [4.78, 5) is 24.9. The van der Waals surface area contributed by atoms with E-state index in [0.717, 1.165) is 4.47 Å². The van der Waals surface area contributed by atoms with Crippen LogP contribution in [0.1, 0.15) is 22.8 Å². The van der Waals surface area contributed by atoms with Crippen molar-refractivity contribution in [3.63, 3.8) is 0 Å². The molecule has 8 nitrogen and oxygen atoms in total. The van der Waals surface area contributed by atoms with E-state index >= 15 is 0 Å². The first kappa shape index (κ1) is 27.8. The minimum absolute atomic E-state index is 0.224. The number of carbonyl (C=O) groups is 2. The molecule has 0 radical (unpaired) electrons. The minimum Gasteiger partial charge on any atom is -0.490 e. The average Bonchev–Trinajstić information content (AvgIpc) is 2.89. The summed E-state index contributed by atoms with van der Waals surface area (Å²) in [6.45, 7) is 5.97. The van der Waals surface area contributed by atoms with Crippen molar-refractivity contribution in [2.24, 2.45) is 5.10 Å². The number of carbonyl (C=O) groups excluding carboxylic acids is 2. The van der Waals surface area contributed by atoms with Crippen molar-refractivity contribution < 1.29 is 23.8 Å². The van der Waals surface area contributed by atoms with Gasteiger partial charge in [-0.2, -0.15) is 5.10 Å². The van der Waals surface area contributed by atoms with Crippen LogP contribution in [0.3, 0.4) is 0 Å². The maximum Gasteiger partial charge on any atom is 0.271 e. The Morgan fingerprint density at radius 3 is 2.49 bits per heavy atom. The summed E-state index contributed by atoms with van der Waals surface area (Å²) < 4.78 is 17.6. The summed E-state index contributed by atoms with van der Waals surface area (Å²) in [5.41, 5.74) is 3.98. The van der Waals surface area contributed by atoms with Gasteiger partial charge in [0, 0.05) is 26.3 Å². The molecule has 0 aliphatic rings. The van der Waals surface area contributed by atoms with Crippen molar-refractivity contribution in [2.45, 2.75) is 6.92 Å². The molecule has 0 aliphatic heterocycles. The highest BCUT2D eigenvalue weighted by Crippen LogP contribution is 2.28. The molecule has 0 bridgehead atoms. The quantitative estimate of drug-likeness (QED) is 0.158. The second-order valence-electron chi connectivity index (χ2n) is 7.42. The number of rotatable bonds is 12. The van der Waals surface area contributed by atoms with E-state index in [2.05, 4.69) is 38.4 Å². The van der Waals surface area contributed by atoms with Crippen molar-refractivity contribution in [1.82, 2.24) is 5.43 Å². The van der Waals surface area contributed by atoms with Crippen LogP contribution in [-0.2, 0) is 4.79 Å². The number of benzene rings is 3. The lowest BCUT2D eigenvalue weighted by atomic mass is 10.2. The van der Waals surface area contributed by atoms with E-state index in [0.29, 0.717) is 52.3 Å². The number of nitrogens with one attached hydrogen (secondary N) is 2. The summed E-state index contributed by atoms with van der Waals surface area (Å²) in [6.07, 6.45) is 3.05. The van der Waals surface area contributed by atoms with E-state index < -0.39 is 5.91 Å². The van der Waals surface area contributed by atoms with Crippen LogP contribution < -0.4 is 25.0 Å². The summed E-state index contributed by atoms with van der Waals surface area (Å²) in [6, 6.07) is 16.8. The fraction of sp³-hybridized carbons (Fsp3) is 0.148. The van der Waals surface area contributed by atoms with Crippen molar-refractivity contribution in [2.75, 3.05) is 25.1 Å². The zero-order chi connectivity index (χ0) is 26.6. The first-order valence-electron chi connectivity index (χ1n) is 11.2. The van der Waals surface area contributed by atoms with Crippen LogP contribution in [0.5, 0.6) is 17.2 Å². The Morgan fingerprint density at radius 1 is 1.00 bits per heavy atom. The molecule has 0 saturated carbocycles. The minimum atomic E-state index is -0.438. The predicted molar refractivity (Wildman–Crippen MR) is 148 cm³/mol. The molecule has 0 aliphatic carbocycles. The molecule has 3 aromatic rings. The van der Waals surface area contributed by atoms with Crippen molar-refractivity contribution in [3.05, 3.63) is 93.9 Å². The Bertz CT molecular complexity index is 1280. The molecule has 0 heterocycles. The van der Waals surface area contributed by atoms with Gasteiger partial charge in [0.25, 0.3) is 11.8 Å². The second-order valence-corrected chi connectivity index (χ2v) is 8.77. The molecular formula is C27H25BrClN3O5. The van der Waals surface area contributed by atoms with Crippen LogP contribution in [0.2, 0.25) is 5.02 Å². The normalized spacial score (nSPS) is 10.6. The molecule has 192 valence electrons. The molecule has 0 atom stereocenters. The van der Waals surface area contributed by atoms with Crippen molar-refractivity contribution in [1.29, 1.82) is 0 Å². The third-order valence-corrected chi connectivity index (χ3v) is 5.44. The number of nitrogens with zero attached hydrogens (tertiary/aromatic N) is 1. The fourth-order valence-corrected chi connectivity index (χ4v) is 3.54. The number of amides is 2. The molecule has 3 aromatic carbocycles. The molecular weight excluding hydrogens is 562 g/mol. The topological polar surface area (TPSA) is 98.3 Å². The number of hydrogen-bond donors (Lipinski definition) is 2. The fourth-order valence-electron chi connectivity index (χ4n) is 3.04. The van der Waals surface area contributed by atoms with Gasteiger partial charge in [-0.05, 0) is 67.6 Å². The first-order chi connectivity index (χ1) is 17.9. The molecule has 0 aromatic heterocycles. The van der Waals surface area contributed by atoms with Gasteiger partial charge in [-0.3, -0.25) is 9.59 Å². The highest BCUT2D eigenvalue weighted by atomic mass is 79.9. The first-order valence-corrected chi connectivity index (χ1v) is 12.4. The van der Waals surface area contributed by atoms with Gasteiger partial charge >= 0.3 is 0 Å². The van der Waals surface area contributed by atoms with E-state index in [-0.39, 0.29) is 12.5 Å². The van der Waals surface area contributed by atoms with Gasteiger partial charge in [-0.15, -0.1) is 0 Å². The molecule has 10 heteroatoms. The number of hydrazone groups is 1. The van der Waals surface area contributed by atoms with Crippen LogP contribution in [0, 0.1) is 0 Å². The lowest BCUT2D eigenvalue weighted by Crippen LogP contribution is -2.20. The maximum absolute atomic E-state index is 12.6. The van der Waals surface area contributed by atoms with E-state index in [1.54, 1.807) is 66.7 Å². The summed E-state index contributed by atoms with van der Waals surface area (Å²) in [5.74, 6) is 0.590. The van der Waals surface area contributed by atoms with Crippen LogP contribution in [0.4, 0.5) is 5.69 Å². The Balaban J connectivity index is 1.64. The Morgan fingerprint density at radius 2 is 1.76 bits per heavy atom. The molecule has 0 saturated heterocycles. The predicted octanol–water partition coefficient (Wildman–Crippen LogP) is 5.85. The summed E-state index contributed by atoms with van der Waals surface area (Å²) >= 11 is 9.27. The summed E-state index contributed by atoms with van der Waals surface area (Å²) in [5, 5.41) is 7.35. The van der Waals surface area contributed by atoms with Gasteiger partial charge in [0.05, 0.1) is 12.8 Å². The zero-order valence-corrected chi connectivity index (χ0v) is 22.3. The van der Waals surface area contributed by atoms with Crippen LogP contribution in [-0.4, -0.2) is 37.8 Å². The standard InChI is InChI=1S/C27H25BrClN3O5/c1-3-13-36-24-11-5-18(15-25(24)35-4-2)27(34)32-30-16-19-14-20(28)6-12-23(19)37-17-26(33)31-22-9-7-21(29)8-10-22/h3,5-12,14-16H,1,4,13,17H2,2H3,(H,31,33)(H,32,34)/b30-16+. The molecule has 2 amide bonds. The van der Waals surface area contributed by atoms with Crippen LogP contribution in [0.25, 0.3) is 0 Å². The molecule has 3 rings (SSSR count). The molecule has 0 spiro atoms.